The van der Waals surface area contributed by atoms with Gasteiger partial charge in [-0.15, -0.1) is 0 Å². The van der Waals surface area contributed by atoms with Crippen LogP contribution in [0, 0.1) is 16.7 Å². The lowest BCUT2D eigenvalue weighted by molar-refractivity contribution is 0.101. The summed E-state index contributed by atoms with van der Waals surface area (Å²) in [4.78, 5) is 13.8. The van der Waals surface area contributed by atoms with E-state index in [2.05, 4.69) is 30.4 Å². The van der Waals surface area contributed by atoms with Gasteiger partial charge in [-0.1, -0.05) is 12.8 Å². The van der Waals surface area contributed by atoms with E-state index in [4.69, 9.17) is 0 Å². The molecule has 1 aromatic rings. The maximum atomic E-state index is 11.5. The van der Waals surface area contributed by atoms with Crippen molar-refractivity contribution in [2.75, 3.05) is 32.5 Å². The van der Waals surface area contributed by atoms with Crippen molar-refractivity contribution in [1.82, 2.24) is 4.90 Å². The molecule has 4 heteroatoms. The highest BCUT2D eigenvalue weighted by Gasteiger charge is 2.34. The summed E-state index contributed by atoms with van der Waals surface area (Å²) in [7, 11) is 4.22. The van der Waals surface area contributed by atoms with Crippen LogP contribution in [0.15, 0.2) is 18.2 Å². The van der Waals surface area contributed by atoms with Crippen LogP contribution in [0.5, 0.6) is 0 Å². The molecule has 1 saturated carbocycles. The van der Waals surface area contributed by atoms with Gasteiger partial charge in [0.15, 0.2) is 5.78 Å². The normalized spacial score (nSPS) is 16.5. The minimum Gasteiger partial charge on any atom is -0.383 e. The van der Waals surface area contributed by atoms with Gasteiger partial charge in [-0.2, -0.15) is 5.26 Å². The van der Waals surface area contributed by atoms with E-state index in [1.165, 1.54) is 25.7 Å². The van der Waals surface area contributed by atoms with Crippen LogP contribution in [-0.4, -0.2) is 37.9 Å². The Morgan fingerprint density at radius 1 is 1.36 bits per heavy atom. The Bertz CT molecular complexity index is 580. The molecule has 0 radical (unpaired) electrons. The summed E-state index contributed by atoms with van der Waals surface area (Å²) >= 11 is 0. The first-order chi connectivity index (χ1) is 10.5. The van der Waals surface area contributed by atoms with Crippen LogP contribution in [0.25, 0.3) is 0 Å². The maximum absolute atomic E-state index is 11.5. The van der Waals surface area contributed by atoms with Crippen molar-refractivity contribution in [3.05, 3.63) is 29.3 Å². The van der Waals surface area contributed by atoms with Crippen molar-refractivity contribution in [3.8, 4) is 6.07 Å². The summed E-state index contributed by atoms with van der Waals surface area (Å²) in [6, 6.07) is 7.46. The average Bonchev–Trinajstić information content (AvgIpc) is 2.92. The predicted molar refractivity (Wildman–Crippen MR) is 89.1 cm³/mol. The van der Waals surface area contributed by atoms with Gasteiger partial charge in [0.2, 0.25) is 0 Å². The lowest BCUT2D eigenvalue weighted by Gasteiger charge is -2.33. The largest absolute Gasteiger partial charge is 0.383 e. The highest BCUT2D eigenvalue weighted by Crippen LogP contribution is 2.39. The number of carbonyl (C=O) groups excluding carboxylic acids is 1. The molecule has 4 nitrogen and oxygen atoms in total. The van der Waals surface area contributed by atoms with Crippen molar-refractivity contribution in [2.24, 2.45) is 5.41 Å². The zero-order valence-electron chi connectivity index (χ0n) is 13.8. The number of carbonyl (C=O) groups is 1. The number of hydrogen-bond donors (Lipinski definition) is 1. The van der Waals surface area contributed by atoms with Gasteiger partial charge >= 0.3 is 0 Å². The molecule has 118 valence electrons. The molecule has 1 fully saturated rings. The minimum atomic E-state index is 0.0245. The first kappa shape index (κ1) is 16.5. The molecular weight excluding hydrogens is 274 g/mol. The Kier molecular flexibility index (Phi) is 5.20. The average molecular weight is 299 g/mol. The molecule has 0 spiro atoms. The van der Waals surface area contributed by atoms with Crippen LogP contribution in [0.1, 0.15) is 48.5 Å². The van der Waals surface area contributed by atoms with Gasteiger partial charge in [0.05, 0.1) is 11.3 Å². The monoisotopic (exact) mass is 299 g/mol. The fourth-order valence-electron chi connectivity index (χ4n) is 3.48. The van der Waals surface area contributed by atoms with Crippen LogP contribution in [-0.2, 0) is 0 Å². The Balaban J connectivity index is 2.17. The second-order valence-electron chi connectivity index (χ2n) is 6.73. The summed E-state index contributed by atoms with van der Waals surface area (Å²) < 4.78 is 0. The molecule has 2 rings (SSSR count). The summed E-state index contributed by atoms with van der Waals surface area (Å²) in [5.74, 6) is 0.0245. The van der Waals surface area contributed by atoms with Gasteiger partial charge in [-0.3, -0.25) is 4.79 Å². The zero-order chi connectivity index (χ0) is 16.2. The molecule has 1 N–H and O–H groups in total. The fraction of sp³-hybridized carbons (Fsp3) is 0.556. The first-order valence-electron chi connectivity index (χ1n) is 7.89. The number of benzene rings is 1. The Morgan fingerprint density at radius 2 is 2.05 bits per heavy atom. The number of anilines is 1. The summed E-state index contributed by atoms with van der Waals surface area (Å²) in [6.07, 6.45) is 4.97. The van der Waals surface area contributed by atoms with Crippen molar-refractivity contribution >= 4 is 11.5 Å². The highest BCUT2D eigenvalue weighted by molar-refractivity contribution is 5.95. The van der Waals surface area contributed by atoms with Crippen LogP contribution < -0.4 is 5.32 Å². The van der Waals surface area contributed by atoms with E-state index in [0.29, 0.717) is 11.1 Å². The van der Waals surface area contributed by atoms with E-state index in [1.807, 2.05) is 0 Å². The standard InChI is InChI=1S/C18H25N3O/c1-14(22)15-6-7-16(11-19)17(10-15)20-12-18(13-21(2)3)8-4-5-9-18/h6-7,10,20H,4-5,8-9,12-13H2,1-3H3. The lowest BCUT2D eigenvalue weighted by atomic mass is 9.85. The lowest BCUT2D eigenvalue weighted by Crippen LogP contribution is -2.37. The van der Waals surface area contributed by atoms with E-state index in [1.54, 1.807) is 25.1 Å². The number of rotatable bonds is 6. The van der Waals surface area contributed by atoms with E-state index < -0.39 is 0 Å². The van der Waals surface area contributed by atoms with Crippen molar-refractivity contribution in [2.45, 2.75) is 32.6 Å². The quantitative estimate of drug-likeness (QED) is 0.819. The van der Waals surface area contributed by atoms with Gasteiger partial charge in [0, 0.05) is 24.1 Å². The molecule has 0 atom stereocenters. The highest BCUT2D eigenvalue weighted by atomic mass is 16.1. The molecule has 1 aliphatic carbocycles. The topological polar surface area (TPSA) is 56.1 Å². The molecule has 0 amide bonds. The maximum Gasteiger partial charge on any atom is 0.159 e. The minimum absolute atomic E-state index is 0.0245. The summed E-state index contributed by atoms with van der Waals surface area (Å²) in [6.45, 7) is 3.45. The third-order valence-corrected chi connectivity index (χ3v) is 4.52. The third-order valence-electron chi connectivity index (χ3n) is 4.52. The number of nitrogens with one attached hydrogen (secondary N) is 1. The SMILES string of the molecule is CC(=O)c1ccc(C#N)c(NCC2(CN(C)C)CCCC2)c1. The third kappa shape index (κ3) is 3.86. The van der Waals surface area contributed by atoms with Gasteiger partial charge in [-0.25, -0.2) is 0 Å². The van der Waals surface area contributed by atoms with E-state index >= 15 is 0 Å². The van der Waals surface area contributed by atoms with Gasteiger partial charge in [0.25, 0.3) is 0 Å². The smallest absolute Gasteiger partial charge is 0.159 e. The van der Waals surface area contributed by atoms with Crippen LogP contribution in [0.3, 0.4) is 0 Å². The van der Waals surface area contributed by atoms with Crippen molar-refractivity contribution in [3.63, 3.8) is 0 Å². The second-order valence-corrected chi connectivity index (χ2v) is 6.73. The van der Waals surface area contributed by atoms with Crippen LogP contribution in [0.4, 0.5) is 5.69 Å². The molecule has 22 heavy (non-hydrogen) atoms. The Morgan fingerprint density at radius 3 is 2.59 bits per heavy atom. The molecule has 0 unspecified atom stereocenters. The molecule has 1 aliphatic rings. The molecule has 1 aromatic carbocycles. The summed E-state index contributed by atoms with van der Waals surface area (Å²) in [5, 5.41) is 12.7. The molecular formula is C18H25N3O. The van der Waals surface area contributed by atoms with Crippen molar-refractivity contribution in [1.29, 1.82) is 5.26 Å². The number of hydrogen-bond acceptors (Lipinski definition) is 4. The number of Topliss-reactive ketones (excluding diaryl/α,β-unsaturated/α-hetero) is 1. The molecule has 0 bridgehead atoms. The number of nitrogens with zero attached hydrogens (tertiary/aromatic N) is 2. The Hall–Kier alpha value is -1.86. The van der Waals surface area contributed by atoms with E-state index in [-0.39, 0.29) is 11.2 Å². The van der Waals surface area contributed by atoms with Crippen LogP contribution in [0.2, 0.25) is 0 Å². The molecule has 0 aliphatic heterocycles. The van der Waals surface area contributed by atoms with E-state index in [0.717, 1.165) is 18.8 Å². The number of nitriles is 1. The fourth-order valence-corrected chi connectivity index (χ4v) is 3.48. The molecule has 0 saturated heterocycles. The predicted octanol–water partition coefficient (Wildman–Crippen LogP) is 3.29. The van der Waals surface area contributed by atoms with Gasteiger partial charge in [-0.05, 0) is 52.1 Å². The first-order valence-corrected chi connectivity index (χ1v) is 7.89. The van der Waals surface area contributed by atoms with Gasteiger partial charge < -0.3 is 10.2 Å². The number of ketones is 1. The second kappa shape index (κ2) is 6.93. The molecule has 0 aromatic heterocycles. The Labute approximate surface area is 133 Å². The molecule has 0 heterocycles. The van der Waals surface area contributed by atoms with Crippen LogP contribution >= 0.6 is 0 Å². The summed E-state index contributed by atoms with van der Waals surface area (Å²) in [5.41, 5.74) is 2.29. The zero-order valence-corrected chi connectivity index (χ0v) is 13.8. The van der Waals surface area contributed by atoms with Crippen molar-refractivity contribution < 1.29 is 4.79 Å². The van der Waals surface area contributed by atoms with Gasteiger partial charge in [0.1, 0.15) is 6.07 Å². The van der Waals surface area contributed by atoms with E-state index in [9.17, 15) is 10.1 Å².